The predicted molar refractivity (Wildman–Crippen MR) is 91.2 cm³/mol. The van der Waals surface area contributed by atoms with E-state index in [1.807, 2.05) is 35.7 Å². The Kier molecular flexibility index (Phi) is 5.15. The van der Waals surface area contributed by atoms with Crippen LogP contribution in [0.5, 0.6) is 5.75 Å². The van der Waals surface area contributed by atoms with Crippen LogP contribution in [0.2, 0.25) is 0 Å². The molecular weight excluding hydrogens is 326 g/mol. The van der Waals surface area contributed by atoms with Crippen molar-refractivity contribution >= 4 is 23.2 Å². The molecule has 0 bridgehead atoms. The van der Waals surface area contributed by atoms with Gasteiger partial charge in [-0.15, -0.1) is 11.3 Å². The number of methoxy groups -OCH3 is 1. The number of para-hydroxylation sites is 1. The Labute approximate surface area is 144 Å². The van der Waals surface area contributed by atoms with Crippen molar-refractivity contribution in [2.75, 3.05) is 13.7 Å². The number of benzene rings is 1. The van der Waals surface area contributed by atoms with E-state index in [2.05, 4.69) is 0 Å². The molecular formula is C18H19NO4S. The summed E-state index contributed by atoms with van der Waals surface area (Å²) in [5.74, 6) is 0.230. The van der Waals surface area contributed by atoms with E-state index in [0.29, 0.717) is 23.6 Å². The van der Waals surface area contributed by atoms with Crippen molar-refractivity contribution < 1.29 is 19.1 Å². The molecule has 1 amide bonds. The predicted octanol–water partition coefficient (Wildman–Crippen LogP) is 3.10. The van der Waals surface area contributed by atoms with Gasteiger partial charge in [-0.2, -0.15) is 0 Å². The summed E-state index contributed by atoms with van der Waals surface area (Å²) in [5.41, 5.74) is 0.808. The summed E-state index contributed by atoms with van der Waals surface area (Å²) in [6.45, 7) is 0.728. The highest BCUT2D eigenvalue weighted by Gasteiger charge is 2.36. The number of thiophene rings is 1. The monoisotopic (exact) mass is 345 g/mol. The maximum Gasteiger partial charge on any atom is 0.329 e. The maximum atomic E-state index is 12.5. The van der Waals surface area contributed by atoms with E-state index in [1.54, 1.807) is 18.1 Å². The van der Waals surface area contributed by atoms with E-state index in [4.69, 9.17) is 9.47 Å². The molecule has 0 spiro atoms. The topological polar surface area (TPSA) is 55.8 Å². The molecule has 3 rings (SSSR count). The molecule has 0 aliphatic carbocycles. The molecule has 1 aromatic carbocycles. The van der Waals surface area contributed by atoms with Gasteiger partial charge in [0.1, 0.15) is 18.4 Å². The van der Waals surface area contributed by atoms with Crippen molar-refractivity contribution in [3.8, 4) is 5.75 Å². The van der Waals surface area contributed by atoms with Crippen LogP contribution < -0.4 is 4.74 Å². The summed E-state index contributed by atoms with van der Waals surface area (Å²) in [5, 5.41) is 1.86. The number of hydrogen-bond donors (Lipinski definition) is 0. The zero-order valence-corrected chi connectivity index (χ0v) is 14.3. The fourth-order valence-electron chi connectivity index (χ4n) is 2.86. The number of amides is 1. The van der Waals surface area contributed by atoms with Crippen molar-refractivity contribution in [2.24, 2.45) is 0 Å². The van der Waals surface area contributed by atoms with Crippen LogP contribution in [0.3, 0.4) is 0 Å². The average molecular weight is 345 g/mol. The third-order valence-electron chi connectivity index (χ3n) is 4.08. The van der Waals surface area contributed by atoms with Gasteiger partial charge in [-0.25, -0.2) is 4.79 Å². The Morgan fingerprint density at radius 2 is 2.08 bits per heavy atom. The van der Waals surface area contributed by atoms with Gasteiger partial charge in [0.05, 0.1) is 12.0 Å². The average Bonchev–Trinajstić information content (AvgIpc) is 3.30. The Balaban J connectivity index is 1.64. The zero-order chi connectivity index (χ0) is 16.9. The van der Waals surface area contributed by atoms with Crippen molar-refractivity contribution in [2.45, 2.75) is 25.5 Å². The first-order valence-corrected chi connectivity index (χ1v) is 8.71. The summed E-state index contributed by atoms with van der Waals surface area (Å²) in [6, 6.07) is 10.5. The van der Waals surface area contributed by atoms with E-state index in [9.17, 15) is 9.59 Å². The summed E-state index contributed by atoms with van der Waals surface area (Å²) in [4.78, 5) is 27.2. The van der Waals surface area contributed by atoms with Crippen LogP contribution in [0, 0.1) is 0 Å². The van der Waals surface area contributed by atoms with Gasteiger partial charge in [-0.3, -0.25) is 4.79 Å². The normalized spacial score (nSPS) is 16.9. The third kappa shape index (κ3) is 3.43. The van der Waals surface area contributed by atoms with Crippen LogP contribution in [0.25, 0.3) is 0 Å². The van der Waals surface area contributed by atoms with Gasteiger partial charge in [0, 0.05) is 12.1 Å². The third-order valence-corrected chi connectivity index (χ3v) is 4.94. The molecule has 24 heavy (non-hydrogen) atoms. The highest BCUT2D eigenvalue weighted by Crippen LogP contribution is 2.24. The highest BCUT2D eigenvalue weighted by molar-refractivity contribution is 7.12. The molecule has 1 fully saturated rings. The van der Waals surface area contributed by atoms with Crippen molar-refractivity contribution in [1.82, 2.24) is 4.90 Å². The first kappa shape index (κ1) is 16.5. The summed E-state index contributed by atoms with van der Waals surface area (Å²) >= 11 is 1.39. The second-order valence-electron chi connectivity index (χ2n) is 5.55. The number of rotatable bonds is 5. The molecule has 1 aliphatic heterocycles. The Bertz CT molecular complexity index is 714. The van der Waals surface area contributed by atoms with Gasteiger partial charge in [-0.1, -0.05) is 24.3 Å². The SMILES string of the molecule is COc1ccccc1COC(=O)C1CCCN1C(=O)c1cccs1. The molecule has 1 atom stereocenters. The first-order valence-electron chi connectivity index (χ1n) is 7.83. The van der Waals surface area contributed by atoms with Gasteiger partial charge in [0.2, 0.25) is 0 Å². The van der Waals surface area contributed by atoms with Crippen molar-refractivity contribution in [3.63, 3.8) is 0 Å². The van der Waals surface area contributed by atoms with Crippen LogP contribution >= 0.6 is 11.3 Å². The van der Waals surface area contributed by atoms with E-state index < -0.39 is 6.04 Å². The molecule has 2 heterocycles. The van der Waals surface area contributed by atoms with Crippen molar-refractivity contribution in [3.05, 3.63) is 52.2 Å². The largest absolute Gasteiger partial charge is 0.496 e. The maximum absolute atomic E-state index is 12.5. The lowest BCUT2D eigenvalue weighted by atomic mass is 10.2. The van der Waals surface area contributed by atoms with E-state index in [-0.39, 0.29) is 18.5 Å². The number of carbonyl (C=O) groups is 2. The van der Waals surface area contributed by atoms with E-state index in [1.165, 1.54) is 11.3 Å². The molecule has 2 aromatic rings. The second-order valence-corrected chi connectivity index (χ2v) is 6.50. The van der Waals surface area contributed by atoms with Crippen LogP contribution in [0.15, 0.2) is 41.8 Å². The molecule has 0 N–H and O–H groups in total. The van der Waals surface area contributed by atoms with Gasteiger partial charge in [-0.05, 0) is 30.4 Å². The number of likely N-dealkylation sites (tertiary alicyclic amines) is 1. The first-order chi connectivity index (χ1) is 11.7. The Hall–Kier alpha value is -2.34. The lowest BCUT2D eigenvalue weighted by molar-refractivity contribution is -0.149. The zero-order valence-electron chi connectivity index (χ0n) is 13.4. The molecule has 0 radical (unpaired) electrons. The number of esters is 1. The van der Waals surface area contributed by atoms with Crippen molar-refractivity contribution in [1.29, 1.82) is 0 Å². The van der Waals surface area contributed by atoms with Gasteiger partial charge < -0.3 is 14.4 Å². The standard InChI is InChI=1S/C18H19NO4S/c1-22-15-8-3-2-6-13(15)12-23-18(21)14-7-4-10-19(14)17(20)16-9-5-11-24-16/h2-3,5-6,8-9,11,14H,4,7,10,12H2,1H3. The summed E-state index contributed by atoms with van der Waals surface area (Å²) in [7, 11) is 1.58. The molecule has 6 heteroatoms. The minimum absolute atomic E-state index is 0.0956. The lowest BCUT2D eigenvalue weighted by Crippen LogP contribution is -2.41. The van der Waals surface area contributed by atoms with Crippen LogP contribution in [-0.4, -0.2) is 36.5 Å². The molecule has 1 saturated heterocycles. The summed E-state index contributed by atoms with van der Waals surface area (Å²) < 4.78 is 10.7. The number of carbonyl (C=O) groups excluding carboxylic acids is 2. The number of nitrogens with zero attached hydrogens (tertiary/aromatic N) is 1. The quantitative estimate of drug-likeness (QED) is 0.782. The summed E-state index contributed by atoms with van der Waals surface area (Å²) in [6.07, 6.45) is 1.45. The fourth-order valence-corrected chi connectivity index (χ4v) is 3.54. The Morgan fingerprint density at radius 3 is 2.83 bits per heavy atom. The van der Waals surface area contributed by atoms with Crippen LogP contribution in [0.1, 0.15) is 28.1 Å². The minimum Gasteiger partial charge on any atom is -0.496 e. The second kappa shape index (κ2) is 7.49. The molecule has 1 unspecified atom stereocenters. The van der Waals surface area contributed by atoms with Crippen LogP contribution in [-0.2, 0) is 16.1 Å². The molecule has 5 nitrogen and oxygen atoms in total. The molecule has 1 aliphatic rings. The van der Waals surface area contributed by atoms with Gasteiger partial charge >= 0.3 is 5.97 Å². The Morgan fingerprint density at radius 1 is 1.25 bits per heavy atom. The van der Waals surface area contributed by atoms with Gasteiger partial charge in [0.25, 0.3) is 5.91 Å². The molecule has 126 valence electrons. The lowest BCUT2D eigenvalue weighted by Gasteiger charge is -2.22. The van der Waals surface area contributed by atoms with E-state index in [0.717, 1.165) is 12.0 Å². The van der Waals surface area contributed by atoms with Gasteiger partial charge in [0.15, 0.2) is 0 Å². The number of ether oxygens (including phenoxy) is 2. The minimum atomic E-state index is -0.505. The fraction of sp³-hybridized carbons (Fsp3) is 0.333. The molecule has 1 aromatic heterocycles. The smallest absolute Gasteiger partial charge is 0.329 e. The molecule has 0 saturated carbocycles. The highest BCUT2D eigenvalue weighted by atomic mass is 32.1. The van der Waals surface area contributed by atoms with E-state index >= 15 is 0 Å². The number of hydrogen-bond acceptors (Lipinski definition) is 5. The van der Waals surface area contributed by atoms with Crippen LogP contribution in [0.4, 0.5) is 0 Å².